The van der Waals surface area contributed by atoms with Crippen LogP contribution in [0.25, 0.3) is 0 Å². The number of sulfonamides is 1. The molecule has 1 aromatic carbocycles. The average Bonchev–Trinajstić information content (AvgIpc) is 2.59. The topological polar surface area (TPSA) is 104 Å². The summed E-state index contributed by atoms with van der Waals surface area (Å²) in [6.45, 7) is 5.80. The summed E-state index contributed by atoms with van der Waals surface area (Å²) in [6.07, 6.45) is 0.161. The smallest absolute Gasteiger partial charge is 0.323 e. The van der Waals surface area contributed by atoms with Gasteiger partial charge in [-0.2, -0.15) is 4.31 Å². The molecule has 27 heavy (non-hydrogen) atoms. The van der Waals surface area contributed by atoms with E-state index in [1.54, 1.807) is 0 Å². The monoisotopic (exact) mass is 398 g/mol. The zero-order valence-corrected chi connectivity index (χ0v) is 16.6. The first-order valence-corrected chi connectivity index (χ1v) is 10.4. The summed E-state index contributed by atoms with van der Waals surface area (Å²) < 4.78 is 32.9. The normalized spacial score (nSPS) is 21.0. The summed E-state index contributed by atoms with van der Waals surface area (Å²) in [6, 6.07) is 5.75. The zero-order valence-electron chi connectivity index (χ0n) is 15.8. The highest BCUT2D eigenvalue weighted by Gasteiger charge is 2.32. The van der Waals surface area contributed by atoms with Crippen molar-refractivity contribution < 1.29 is 27.9 Å². The van der Waals surface area contributed by atoms with Crippen molar-refractivity contribution in [3.8, 4) is 0 Å². The van der Waals surface area contributed by atoms with Gasteiger partial charge in [-0.05, 0) is 38.5 Å². The first-order valence-electron chi connectivity index (χ1n) is 8.92. The van der Waals surface area contributed by atoms with Crippen molar-refractivity contribution in [2.24, 2.45) is 0 Å². The van der Waals surface area contributed by atoms with Crippen LogP contribution in [0.3, 0.4) is 0 Å². The second-order valence-electron chi connectivity index (χ2n) is 6.73. The molecule has 0 aliphatic carbocycles. The molecule has 1 N–H and O–H groups in total. The molecule has 0 radical (unpaired) electrons. The van der Waals surface area contributed by atoms with E-state index in [0.717, 1.165) is 0 Å². The zero-order chi connectivity index (χ0) is 20.2. The fraction of sp³-hybridized carbons (Fsp3) is 0.556. The van der Waals surface area contributed by atoms with E-state index in [4.69, 9.17) is 9.84 Å². The fourth-order valence-corrected chi connectivity index (χ4v) is 4.77. The highest BCUT2D eigenvalue weighted by molar-refractivity contribution is 7.89. The molecule has 2 atom stereocenters. The molecule has 1 amide bonds. The van der Waals surface area contributed by atoms with Crippen molar-refractivity contribution >= 4 is 21.9 Å². The highest BCUT2D eigenvalue weighted by Crippen LogP contribution is 2.22. The third kappa shape index (κ3) is 5.27. The van der Waals surface area contributed by atoms with E-state index < -0.39 is 28.4 Å². The Morgan fingerprint density at radius 3 is 2.44 bits per heavy atom. The summed E-state index contributed by atoms with van der Waals surface area (Å²) in [5.74, 6) is -1.61. The van der Waals surface area contributed by atoms with Gasteiger partial charge in [0.15, 0.2) is 0 Å². The molecule has 2 unspecified atom stereocenters. The molecule has 150 valence electrons. The van der Waals surface area contributed by atoms with Crippen LogP contribution in [0.15, 0.2) is 29.2 Å². The van der Waals surface area contributed by atoms with Gasteiger partial charge in [0.05, 0.1) is 17.1 Å². The quantitative estimate of drug-likeness (QED) is 0.745. The first kappa shape index (κ1) is 21.3. The molecule has 1 saturated heterocycles. The molecule has 0 saturated carbocycles. The fourth-order valence-electron chi connectivity index (χ4n) is 3.13. The molecule has 0 spiro atoms. The average molecular weight is 398 g/mol. The number of carbonyl (C=O) groups excluding carboxylic acids is 1. The van der Waals surface area contributed by atoms with Gasteiger partial charge in [-0.3, -0.25) is 9.59 Å². The van der Waals surface area contributed by atoms with Crippen molar-refractivity contribution in [2.45, 2.75) is 44.3 Å². The van der Waals surface area contributed by atoms with Crippen LogP contribution in [0.2, 0.25) is 0 Å². The summed E-state index contributed by atoms with van der Waals surface area (Å²) in [7, 11) is -3.78. The van der Waals surface area contributed by atoms with E-state index in [0.29, 0.717) is 6.42 Å². The molecule has 9 heteroatoms. The number of amides is 1. The predicted octanol–water partition coefficient (Wildman–Crippen LogP) is 1.42. The molecule has 1 aliphatic heterocycles. The van der Waals surface area contributed by atoms with Crippen LogP contribution in [0.4, 0.5) is 0 Å². The third-order valence-electron chi connectivity index (χ3n) is 4.21. The Balaban J connectivity index is 2.30. The van der Waals surface area contributed by atoms with Gasteiger partial charge in [0.25, 0.3) is 5.91 Å². The van der Waals surface area contributed by atoms with E-state index in [1.165, 1.54) is 33.5 Å². The Hall–Kier alpha value is -1.97. The predicted molar refractivity (Wildman–Crippen MR) is 99.0 cm³/mol. The second-order valence-corrected chi connectivity index (χ2v) is 8.67. The lowest BCUT2D eigenvalue weighted by Crippen LogP contribution is -2.48. The lowest BCUT2D eigenvalue weighted by atomic mass is 10.2. The third-order valence-corrected chi connectivity index (χ3v) is 6.04. The van der Waals surface area contributed by atoms with E-state index in [2.05, 4.69) is 0 Å². The highest BCUT2D eigenvalue weighted by atomic mass is 32.2. The number of nitrogens with zero attached hydrogens (tertiary/aromatic N) is 2. The molecule has 0 bridgehead atoms. The Bertz CT molecular complexity index is 785. The Morgan fingerprint density at radius 1 is 1.26 bits per heavy atom. The van der Waals surface area contributed by atoms with Gasteiger partial charge < -0.3 is 14.7 Å². The van der Waals surface area contributed by atoms with Crippen LogP contribution in [0.1, 0.15) is 37.6 Å². The second kappa shape index (κ2) is 8.81. The summed E-state index contributed by atoms with van der Waals surface area (Å²) >= 11 is 0. The van der Waals surface area contributed by atoms with Gasteiger partial charge in [0, 0.05) is 25.2 Å². The van der Waals surface area contributed by atoms with Crippen molar-refractivity contribution in [1.29, 1.82) is 0 Å². The van der Waals surface area contributed by atoms with E-state index in [1.807, 2.05) is 20.8 Å². The molecule has 0 aromatic heterocycles. The molecule has 8 nitrogen and oxygen atoms in total. The van der Waals surface area contributed by atoms with E-state index in [9.17, 15) is 18.0 Å². The standard InChI is InChI=1S/C18H26N2O6S/c1-4-8-19(12-17(21)22)18(23)15-6-5-7-16(9-15)27(24,25)20-10-13(2)26-14(3)11-20/h5-7,9,13-14H,4,8,10-12H2,1-3H3,(H,21,22). The van der Waals surface area contributed by atoms with E-state index in [-0.39, 0.29) is 42.3 Å². The van der Waals surface area contributed by atoms with Crippen molar-refractivity contribution in [3.05, 3.63) is 29.8 Å². The van der Waals surface area contributed by atoms with Gasteiger partial charge in [-0.15, -0.1) is 0 Å². The molecule has 1 heterocycles. The maximum absolute atomic E-state index is 13.0. The van der Waals surface area contributed by atoms with Crippen molar-refractivity contribution in [2.75, 3.05) is 26.2 Å². The minimum atomic E-state index is -3.78. The van der Waals surface area contributed by atoms with Crippen LogP contribution < -0.4 is 0 Å². The minimum absolute atomic E-state index is 0.0152. The number of hydrogen-bond acceptors (Lipinski definition) is 5. The molecular weight excluding hydrogens is 372 g/mol. The van der Waals surface area contributed by atoms with Gasteiger partial charge in [-0.1, -0.05) is 13.0 Å². The van der Waals surface area contributed by atoms with Crippen LogP contribution >= 0.6 is 0 Å². The van der Waals surface area contributed by atoms with Crippen molar-refractivity contribution in [3.63, 3.8) is 0 Å². The Labute approximate surface area is 159 Å². The molecular formula is C18H26N2O6S. The number of carbonyl (C=O) groups is 2. The molecule has 1 fully saturated rings. The van der Waals surface area contributed by atoms with Gasteiger partial charge in [0.2, 0.25) is 10.0 Å². The minimum Gasteiger partial charge on any atom is -0.480 e. The Kier molecular flexibility index (Phi) is 6.96. The van der Waals surface area contributed by atoms with Crippen molar-refractivity contribution in [1.82, 2.24) is 9.21 Å². The molecule has 2 rings (SSSR count). The number of aliphatic carboxylic acids is 1. The number of carboxylic acid groups (broad SMARTS) is 1. The number of hydrogen-bond donors (Lipinski definition) is 1. The van der Waals surface area contributed by atoms with Crippen LogP contribution in [0.5, 0.6) is 0 Å². The molecule has 1 aliphatic rings. The first-order chi connectivity index (χ1) is 12.6. The van der Waals surface area contributed by atoms with Gasteiger partial charge in [-0.25, -0.2) is 8.42 Å². The summed E-state index contributed by atoms with van der Waals surface area (Å²) in [5, 5.41) is 9.00. The Morgan fingerprint density at radius 2 is 1.89 bits per heavy atom. The SMILES string of the molecule is CCCN(CC(=O)O)C(=O)c1cccc(S(=O)(=O)N2CC(C)OC(C)C2)c1. The largest absolute Gasteiger partial charge is 0.480 e. The lowest BCUT2D eigenvalue weighted by molar-refractivity contribution is -0.137. The summed E-state index contributed by atoms with van der Waals surface area (Å²) in [5.41, 5.74) is 0.153. The van der Waals surface area contributed by atoms with Crippen LogP contribution in [-0.4, -0.2) is 73.0 Å². The summed E-state index contributed by atoms with van der Waals surface area (Å²) in [4.78, 5) is 24.9. The number of rotatable bonds is 7. The van der Waals surface area contributed by atoms with Crippen LogP contribution in [0, 0.1) is 0 Å². The van der Waals surface area contributed by atoms with E-state index >= 15 is 0 Å². The maximum atomic E-state index is 13.0. The number of morpholine rings is 1. The maximum Gasteiger partial charge on any atom is 0.323 e. The number of carboxylic acids is 1. The van der Waals surface area contributed by atoms with Crippen LogP contribution in [-0.2, 0) is 19.6 Å². The lowest BCUT2D eigenvalue weighted by Gasteiger charge is -2.34. The number of benzene rings is 1. The van der Waals surface area contributed by atoms with Gasteiger partial charge in [0.1, 0.15) is 6.54 Å². The van der Waals surface area contributed by atoms with Gasteiger partial charge >= 0.3 is 5.97 Å². The number of ether oxygens (including phenoxy) is 1. The molecule has 1 aromatic rings.